The van der Waals surface area contributed by atoms with Crippen molar-refractivity contribution in [2.45, 2.75) is 46.5 Å². The van der Waals surface area contributed by atoms with Crippen LogP contribution in [0.1, 0.15) is 46.5 Å². The van der Waals surface area contributed by atoms with E-state index in [1.807, 2.05) is 6.92 Å². The van der Waals surface area contributed by atoms with Gasteiger partial charge in [0.25, 0.3) is 0 Å². The first-order valence-corrected chi connectivity index (χ1v) is 5.38. The van der Waals surface area contributed by atoms with Crippen LogP contribution in [0.5, 0.6) is 0 Å². The van der Waals surface area contributed by atoms with Crippen LogP contribution in [0.3, 0.4) is 0 Å². The van der Waals surface area contributed by atoms with Gasteiger partial charge in [0.15, 0.2) is 0 Å². The molecule has 1 rings (SSSR count). The fourth-order valence-electron chi connectivity index (χ4n) is 2.13. The van der Waals surface area contributed by atoms with Crippen LogP contribution in [0, 0.1) is 11.3 Å². The third-order valence-corrected chi connectivity index (χ3v) is 3.56. The quantitative estimate of drug-likeness (QED) is 0.317. The topological polar surface area (TPSA) is 32.6 Å². The fraction of sp³-hybridized carbons (Fsp3) is 0.750. The van der Waals surface area contributed by atoms with Crippen molar-refractivity contribution in [3.8, 4) is 0 Å². The van der Waals surface area contributed by atoms with Gasteiger partial charge in [0, 0.05) is 11.3 Å². The first kappa shape index (κ1) is 11.3. The minimum atomic E-state index is -0.163. The summed E-state index contributed by atoms with van der Waals surface area (Å²) in [6.07, 6.45) is 4.85. The van der Waals surface area contributed by atoms with Crippen molar-refractivity contribution < 1.29 is 5.21 Å². The van der Waals surface area contributed by atoms with Crippen molar-refractivity contribution in [1.82, 2.24) is 0 Å². The molecule has 1 aliphatic rings. The fourth-order valence-corrected chi connectivity index (χ4v) is 2.13. The minimum Gasteiger partial charge on any atom is -0.411 e. The molecule has 1 fully saturated rings. The molecule has 0 atom stereocenters. The Kier molecular flexibility index (Phi) is 3.35. The summed E-state index contributed by atoms with van der Waals surface area (Å²) in [5.41, 5.74) is 1.82. The van der Waals surface area contributed by atoms with Gasteiger partial charge in [-0.3, -0.25) is 0 Å². The van der Waals surface area contributed by atoms with Gasteiger partial charge in [0.05, 0.1) is 5.71 Å². The molecule has 0 bridgehead atoms. The van der Waals surface area contributed by atoms with E-state index < -0.39 is 0 Å². The molecule has 2 nitrogen and oxygen atoms in total. The van der Waals surface area contributed by atoms with Gasteiger partial charge in [-0.2, -0.15) is 0 Å². The van der Waals surface area contributed by atoms with Crippen molar-refractivity contribution in [3.63, 3.8) is 0 Å². The van der Waals surface area contributed by atoms with Crippen LogP contribution in [-0.4, -0.2) is 10.9 Å². The standard InChI is InChI=1S/C12H21NO/c1-9(2)12(3,4)11(13-14)10-7-5-6-8-10/h10,14H,1,5-8H2,2-4H3. The molecule has 0 amide bonds. The molecule has 0 aromatic heterocycles. The van der Waals surface area contributed by atoms with E-state index >= 15 is 0 Å². The van der Waals surface area contributed by atoms with E-state index in [1.54, 1.807) is 0 Å². The molecular formula is C12H21NO. The molecule has 0 radical (unpaired) electrons. The van der Waals surface area contributed by atoms with E-state index in [9.17, 15) is 0 Å². The summed E-state index contributed by atoms with van der Waals surface area (Å²) in [5.74, 6) is 0.465. The molecule has 0 spiro atoms. The maximum atomic E-state index is 9.12. The third kappa shape index (κ3) is 1.99. The van der Waals surface area contributed by atoms with Gasteiger partial charge in [0.1, 0.15) is 0 Å². The lowest BCUT2D eigenvalue weighted by Crippen LogP contribution is -2.30. The summed E-state index contributed by atoms with van der Waals surface area (Å²) >= 11 is 0. The third-order valence-electron chi connectivity index (χ3n) is 3.56. The minimum absolute atomic E-state index is 0.163. The maximum Gasteiger partial charge on any atom is 0.0697 e. The smallest absolute Gasteiger partial charge is 0.0697 e. The zero-order chi connectivity index (χ0) is 10.8. The van der Waals surface area contributed by atoms with Crippen LogP contribution in [0.2, 0.25) is 0 Å². The van der Waals surface area contributed by atoms with Gasteiger partial charge in [-0.05, 0) is 19.8 Å². The summed E-state index contributed by atoms with van der Waals surface area (Å²) in [4.78, 5) is 0. The summed E-state index contributed by atoms with van der Waals surface area (Å²) < 4.78 is 0. The van der Waals surface area contributed by atoms with Gasteiger partial charge >= 0.3 is 0 Å². The lowest BCUT2D eigenvalue weighted by Gasteiger charge is -2.29. The second-order valence-electron chi connectivity index (χ2n) is 4.87. The highest BCUT2D eigenvalue weighted by Gasteiger charge is 2.34. The predicted molar refractivity (Wildman–Crippen MR) is 59.8 cm³/mol. The van der Waals surface area contributed by atoms with Gasteiger partial charge in [-0.1, -0.05) is 44.0 Å². The Morgan fingerprint density at radius 3 is 2.21 bits per heavy atom. The lowest BCUT2D eigenvalue weighted by molar-refractivity contribution is 0.305. The van der Waals surface area contributed by atoms with Gasteiger partial charge in [0.2, 0.25) is 0 Å². The van der Waals surface area contributed by atoms with Crippen molar-refractivity contribution in [2.24, 2.45) is 16.5 Å². The van der Waals surface area contributed by atoms with E-state index in [0.29, 0.717) is 5.92 Å². The second-order valence-corrected chi connectivity index (χ2v) is 4.87. The highest BCUT2D eigenvalue weighted by molar-refractivity contribution is 5.93. The molecule has 1 saturated carbocycles. The molecule has 1 aliphatic carbocycles. The molecule has 0 aliphatic heterocycles. The van der Waals surface area contributed by atoms with Gasteiger partial charge < -0.3 is 5.21 Å². The molecule has 14 heavy (non-hydrogen) atoms. The van der Waals surface area contributed by atoms with Gasteiger partial charge in [-0.25, -0.2) is 0 Å². The summed E-state index contributed by atoms with van der Waals surface area (Å²) in [6.45, 7) is 10.1. The second kappa shape index (κ2) is 4.16. The Bertz CT molecular complexity index is 247. The Labute approximate surface area is 86.7 Å². The Morgan fingerprint density at radius 1 is 1.36 bits per heavy atom. The molecule has 0 aromatic rings. The lowest BCUT2D eigenvalue weighted by atomic mass is 9.75. The highest BCUT2D eigenvalue weighted by atomic mass is 16.4. The maximum absolute atomic E-state index is 9.12. The monoisotopic (exact) mass is 195 g/mol. The van der Waals surface area contributed by atoms with Crippen molar-refractivity contribution in [3.05, 3.63) is 12.2 Å². The van der Waals surface area contributed by atoms with Crippen molar-refractivity contribution in [1.29, 1.82) is 0 Å². The van der Waals surface area contributed by atoms with Crippen LogP contribution in [-0.2, 0) is 0 Å². The molecule has 0 aromatic carbocycles. The average molecular weight is 195 g/mol. The number of hydrogen-bond donors (Lipinski definition) is 1. The molecule has 2 heteroatoms. The normalized spacial score (nSPS) is 20.1. The SMILES string of the molecule is C=C(C)C(C)(C)C(=NO)C1CCCC1. The van der Waals surface area contributed by atoms with Crippen LogP contribution in [0.4, 0.5) is 0 Å². The number of allylic oxidation sites excluding steroid dienone is 1. The van der Waals surface area contributed by atoms with E-state index in [2.05, 4.69) is 25.6 Å². The molecule has 0 unspecified atom stereocenters. The largest absolute Gasteiger partial charge is 0.411 e. The van der Waals surface area contributed by atoms with Crippen LogP contribution >= 0.6 is 0 Å². The first-order chi connectivity index (χ1) is 6.50. The number of hydrogen-bond acceptors (Lipinski definition) is 2. The Hall–Kier alpha value is -0.790. The van der Waals surface area contributed by atoms with Crippen molar-refractivity contribution >= 4 is 5.71 Å². The van der Waals surface area contributed by atoms with Crippen LogP contribution < -0.4 is 0 Å². The van der Waals surface area contributed by atoms with Crippen LogP contribution in [0.25, 0.3) is 0 Å². The number of nitrogens with zero attached hydrogens (tertiary/aromatic N) is 1. The number of rotatable bonds is 3. The van der Waals surface area contributed by atoms with E-state index in [4.69, 9.17) is 5.21 Å². The zero-order valence-electron chi connectivity index (χ0n) is 9.51. The molecule has 0 saturated heterocycles. The van der Waals surface area contributed by atoms with Crippen LogP contribution in [0.15, 0.2) is 17.3 Å². The van der Waals surface area contributed by atoms with E-state index in [0.717, 1.165) is 24.1 Å². The average Bonchev–Trinajstić information content (AvgIpc) is 2.57. The molecule has 0 heterocycles. The Morgan fingerprint density at radius 2 is 1.86 bits per heavy atom. The van der Waals surface area contributed by atoms with Crippen molar-refractivity contribution in [2.75, 3.05) is 0 Å². The van der Waals surface area contributed by atoms with Gasteiger partial charge in [-0.15, -0.1) is 0 Å². The Balaban J connectivity index is 2.86. The molecular weight excluding hydrogens is 174 g/mol. The zero-order valence-corrected chi connectivity index (χ0v) is 9.51. The summed E-state index contributed by atoms with van der Waals surface area (Å²) in [6, 6.07) is 0. The molecule has 80 valence electrons. The summed E-state index contributed by atoms with van der Waals surface area (Å²) in [7, 11) is 0. The first-order valence-electron chi connectivity index (χ1n) is 5.38. The summed E-state index contributed by atoms with van der Waals surface area (Å²) in [5, 5.41) is 12.6. The number of oxime groups is 1. The highest BCUT2D eigenvalue weighted by Crippen LogP contribution is 2.36. The predicted octanol–water partition coefficient (Wildman–Crippen LogP) is 3.61. The van der Waals surface area contributed by atoms with E-state index in [-0.39, 0.29) is 5.41 Å². The molecule has 1 N–H and O–H groups in total. The van der Waals surface area contributed by atoms with E-state index in [1.165, 1.54) is 12.8 Å².